The number of allylic oxidation sites excluding steroid dienone is 7. The molecule has 2 heterocycles. The summed E-state index contributed by atoms with van der Waals surface area (Å²) in [6, 6.07) is -0.931. The number of carbonyl (C=O) groups excluding carboxylic acids is 1. The average molecular weight is 1010 g/mol. The van der Waals surface area contributed by atoms with Crippen LogP contribution in [0.5, 0.6) is 0 Å². The van der Waals surface area contributed by atoms with E-state index in [0.717, 1.165) is 38.5 Å². The van der Waals surface area contributed by atoms with E-state index in [2.05, 4.69) is 55.6 Å². The van der Waals surface area contributed by atoms with E-state index >= 15 is 0 Å². The third kappa shape index (κ3) is 29.6. The highest BCUT2D eigenvalue weighted by Crippen LogP contribution is 2.30. The van der Waals surface area contributed by atoms with Crippen LogP contribution < -0.4 is 5.32 Å². The zero-order chi connectivity index (χ0) is 51.7. The molecule has 2 rings (SSSR count). The lowest BCUT2D eigenvalue weighted by Crippen LogP contribution is -2.65. The van der Waals surface area contributed by atoms with E-state index in [-0.39, 0.29) is 18.9 Å². The van der Waals surface area contributed by atoms with Gasteiger partial charge in [0, 0.05) is 6.42 Å². The summed E-state index contributed by atoms with van der Waals surface area (Å²) in [6.07, 6.45) is 35.9. The first kappa shape index (κ1) is 65.1. The minimum Gasteiger partial charge on any atom is -0.394 e. The van der Waals surface area contributed by atoms with Crippen molar-refractivity contribution in [2.75, 3.05) is 19.8 Å². The lowest BCUT2D eigenvalue weighted by atomic mass is 9.97. The van der Waals surface area contributed by atoms with Gasteiger partial charge in [-0.05, 0) is 64.2 Å². The Morgan fingerprint density at radius 1 is 0.507 bits per heavy atom. The van der Waals surface area contributed by atoms with Crippen LogP contribution in [-0.2, 0) is 23.7 Å². The van der Waals surface area contributed by atoms with Gasteiger partial charge in [-0.3, -0.25) is 4.79 Å². The fourth-order valence-corrected chi connectivity index (χ4v) is 9.10. The highest BCUT2D eigenvalue weighted by molar-refractivity contribution is 5.76. The summed E-state index contributed by atoms with van der Waals surface area (Å²) >= 11 is 0. The van der Waals surface area contributed by atoms with Crippen LogP contribution in [0.2, 0.25) is 0 Å². The van der Waals surface area contributed by atoms with E-state index in [0.29, 0.717) is 12.8 Å². The predicted octanol–water partition coefficient (Wildman–Crippen LogP) is 8.83. The number of aliphatic hydroxyl groups is 8. The van der Waals surface area contributed by atoms with Crippen LogP contribution in [0.3, 0.4) is 0 Å². The van der Waals surface area contributed by atoms with E-state index < -0.39 is 86.8 Å². The number of unbranched alkanes of at least 4 members (excludes halogenated alkanes) is 25. The van der Waals surface area contributed by atoms with Crippen LogP contribution in [-0.4, -0.2) is 140 Å². The van der Waals surface area contributed by atoms with Crippen molar-refractivity contribution >= 4 is 5.91 Å². The fourth-order valence-electron chi connectivity index (χ4n) is 9.10. The number of hydrogen-bond acceptors (Lipinski definition) is 13. The van der Waals surface area contributed by atoms with E-state index in [9.17, 15) is 45.6 Å². The van der Waals surface area contributed by atoms with Crippen LogP contribution in [0, 0.1) is 0 Å². The Hall–Kier alpha value is -2.05. The predicted molar refractivity (Wildman–Crippen MR) is 281 cm³/mol. The number of rotatable bonds is 44. The van der Waals surface area contributed by atoms with Crippen molar-refractivity contribution < 1.29 is 64.6 Å². The lowest BCUT2D eigenvalue weighted by molar-refractivity contribution is -0.359. The molecule has 414 valence electrons. The average Bonchev–Trinajstić information content (AvgIpc) is 3.37. The number of carbonyl (C=O) groups is 1. The molecule has 2 aliphatic heterocycles. The first-order chi connectivity index (χ1) is 34.6. The zero-order valence-electron chi connectivity index (χ0n) is 44.2. The van der Waals surface area contributed by atoms with Gasteiger partial charge in [0.1, 0.15) is 48.8 Å². The molecule has 0 aromatic rings. The first-order valence-corrected chi connectivity index (χ1v) is 28.4. The van der Waals surface area contributed by atoms with E-state index in [1.54, 1.807) is 6.08 Å². The molecule has 14 nitrogen and oxygen atoms in total. The topological polar surface area (TPSA) is 228 Å². The molecule has 12 unspecified atom stereocenters. The van der Waals surface area contributed by atoms with E-state index in [4.69, 9.17) is 18.9 Å². The van der Waals surface area contributed by atoms with Gasteiger partial charge in [-0.2, -0.15) is 0 Å². The quantitative estimate of drug-likeness (QED) is 0.0206. The molecule has 71 heavy (non-hydrogen) atoms. The number of aliphatic hydroxyl groups excluding tert-OH is 8. The van der Waals surface area contributed by atoms with Gasteiger partial charge in [-0.1, -0.05) is 191 Å². The maximum absolute atomic E-state index is 13.2. The Kier molecular flexibility index (Phi) is 39.6. The first-order valence-electron chi connectivity index (χ1n) is 28.4. The molecule has 12 atom stereocenters. The largest absolute Gasteiger partial charge is 0.394 e. The second-order valence-corrected chi connectivity index (χ2v) is 20.1. The van der Waals surface area contributed by atoms with Crippen molar-refractivity contribution in [3.63, 3.8) is 0 Å². The van der Waals surface area contributed by atoms with Crippen LogP contribution >= 0.6 is 0 Å². The van der Waals surface area contributed by atoms with Crippen molar-refractivity contribution in [2.45, 2.75) is 286 Å². The molecule has 0 radical (unpaired) electrons. The molecule has 0 bridgehead atoms. The Bertz CT molecular complexity index is 1380. The van der Waals surface area contributed by atoms with Gasteiger partial charge in [0.05, 0.1) is 32.0 Å². The van der Waals surface area contributed by atoms with Crippen molar-refractivity contribution in [1.82, 2.24) is 5.32 Å². The maximum atomic E-state index is 13.2. The van der Waals surface area contributed by atoms with Crippen molar-refractivity contribution in [1.29, 1.82) is 0 Å². The molecule has 0 aliphatic carbocycles. The van der Waals surface area contributed by atoms with Gasteiger partial charge >= 0.3 is 0 Å². The monoisotopic (exact) mass is 1010 g/mol. The highest BCUT2D eigenvalue weighted by atomic mass is 16.7. The van der Waals surface area contributed by atoms with E-state index in [1.807, 2.05) is 6.08 Å². The number of ether oxygens (including phenoxy) is 4. The number of amides is 1. The molecule has 9 N–H and O–H groups in total. The molecule has 0 aromatic carbocycles. The molecule has 0 spiro atoms. The smallest absolute Gasteiger partial charge is 0.220 e. The maximum Gasteiger partial charge on any atom is 0.220 e. The van der Waals surface area contributed by atoms with Gasteiger partial charge in [0.15, 0.2) is 12.6 Å². The standard InChI is InChI=1S/C57H103NO13/c1-3-5-7-9-11-13-15-17-18-19-20-21-22-23-24-25-26-27-28-29-31-33-35-37-39-41-49(62)58-45(46(61)40-38-36-34-32-30-16-14-12-10-8-6-4-2)44-68-56-54(67)52(65)55(48(43-60)70-56)71-57-53(66)51(64)50(63)47(42-59)69-57/h15,17,19-20,30,32,38,40,45-48,50-57,59-61,63-67H,3-14,16,18,21-29,31,33-37,39,41-44H2,1-2H3,(H,58,62)/b17-15-,20-19-,32-30+,40-38+. The fraction of sp³-hybridized carbons (Fsp3) is 0.842. The Balaban J connectivity index is 1.74. The summed E-state index contributed by atoms with van der Waals surface area (Å²) < 4.78 is 22.7. The van der Waals surface area contributed by atoms with Crippen LogP contribution in [0.25, 0.3) is 0 Å². The second-order valence-electron chi connectivity index (χ2n) is 20.1. The number of nitrogens with one attached hydrogen (secondary N) is 1. The van der Waals surface area contributed by atoms with Gasteiger partial charge in [0.25, 0.3) is 0 Å². The normalized spacial score (nSPS) is 26.1. The molecular weight excluding hydrogens is 907 g/mol. The zero-order valence-corrected chi connectivity index (χ0v) is 44.2. The summed E-state index contributed by atoms with van der Waals surface area (Å²) in [5, 5.41) is 86.8. The molecule has 0 saturated carbocycles. The molecule has 1 amide bonds. The summed E-state index contributed by atoms with van der Waals surface area (Å²) in [4.78, 5) is 13.2. The van der Waals surface area contributed by atoms with Crippen molar-refractivity contribution in [2.24, 2.45) is 0 Å². The van der Waals surface area contributed by atoms with Crippen LogP contribution in [0.15, 0.2) is 48.6 Å². The van der Waals surface area contributed by atoms with E-state index in [1.165, 1.54) is 141 Å². The molecular formula is C57H103NO13. The highest BCUT2D eigenvalue weighted by Gasteiger charge is 2.51. The third-order valence-electron chi connectivity index (χ3n) is 13.7. The van der Waals surface area contributed by atoms with Crippen molar-refractivity contribution in [3.05, 3.63) is 48.6 Å². The molecule has 2 saturated heterocycles. The summed E-state index contributed by atoms with van der Waals surface area (Å²) in [5.74, 6) is -0.252. The van der Waals surface area contributed by atoms with Gasteiger partial charge in [-0.15, -0.1) is 0 Å². The van der Waals surface area contributed by atoms with Crippen molar-refractivity contribution in [3.8, 4) is 0 Å². The Morgan fingerprint density at radius 3 is 1.46 bits per heavy atom. The summed E-state index contributed by atoms with van der Waals surface area (Å²) in [6.45, 7) is 2.74. The van der Waals surface area contributed by atoms with Gasteiger partial charge < -0.3 is 65.1 Å². The Morgan fingerprint density at radius 2 is 0.944 bits per heavy atom. The minimum atomic E-state index is -1.79. The number of hydrogen-bond donors (Lipinski definition) is 9. The van der Waals surface area contributed by atoms with Gasteiger partial charge in [-0.25, -0.2) is 0 Å². The van der Waals surface area contributed by atoms with Gasteiger partial charge in [0.2, 0.25) is 5.91 Å². The Labute approximate surface area is 429 Å². The third-order valence-corrected chi connectivity index (χ3v) is 13.7. The second kappa shape index (κ2) is 43.2. The van der Waals surface area contributed by atoms with Crippen LogP contribution in [0.1, 0.15) is 213 Å². The molecule has 0 aromatic heterocycles. The van der Waals surface area contributed by atoms with Crippen LogP contribution in [0.4, 0.5) is 0 Å². The minimum absolute atomic E-state index is 0.252. The molecule has 14 heteroatoms. The summed E-state index contributed by atoms with van der Waals surface area (Å²) in [7, 11) is 0. The lowest BCUT2D eigenvalue weighted by Gasteiger charge is -2.46. The molecule has 2 aliphatic rings. The molecule has 2 fully saturated rings. The summed E-state index contributed by atoms with van der Waals surface area (Å²) in [5.41, 5.74) is 0. The SMILES string of the molecule is CCCCCCC/C=C\C/C=C\CCCCCCCCCCCCCCCC(=O)NC(COC1OC(CO)C(OC2OC(CO)C(O)C(O)C2O)C(O)C1O)C(O)/C=C/CC/C=C/CCCCCCCC.